The van der Waals surface area contributed by atoms with Crippen LogP contribution >= 0.6 is 15.9 Å². The standard InChI is InChI=1S/C18H21BrN2O3/c1-12-4-6-15(14(19)10-12)21-18(22)20-9-8-13-5-7-16(23-2)17(11-13)24-3/h4-7,10-11H,8-9H2,1-3H3,(H2,20,21,22). The molecule has 0 aliphatic heterocycles. The zero-order chi connectivity index (χ0) is 17.5. The predicted molar refractivity (Wildman–Crippen MR) is 99.2 cm³/mol. The maximum atomic E-state index is 12.0. The summed E-state index contributed by atoms with van der Waals surface area (Å²) in [5.41, 5.74) is 2.93. The number of nitrogens with one attached hydrogen (secondary N) is 2. The molecule has 2 amide bonds. The van der Waals surface area contributed by atoms with Crippen molar-refractivity contribution in [3.63, 3.8) is 0 Å². The molecule has 0 spiro atoms. The van der Waals surface area contributed by atoms with Gasteiger partial charge in [0, 0.05) is 11.0 Å². The molecular formula is C18H21BrN2O3. The van der Waals surface area contributed by atoms with Crippen LogP contribution in [0.15, 0.2) is 40.9 Å². The van der Waals surface area contributed by atoms with E-state index in [-0.39, 0.29) is 6.03 Å². The Morgan fingerprint density at radius 1 is 1.08 bits per heavy atom. The lowest BCUT2D eigenvalue weighted by molar-refractivity contribution is 0.252. The van der Waals surface area contributed by atoms with Crippen LogP contribution in [0.2, 0.25) is 0 Å². The minimum Gasteiger partial charge on any atom is -0.493 e. The molecule has 2 aromatic rings. The zero-order valence-corrected chi connectivity index (χ0v) is 15.6. The summed E-state index contributed by atoms with van der Waals surface area (Å²) in [5.74, 6) is 1.37. The van der Waals surface area contributed by atoms with Crippen molar-refractivity contribution in [3.8, 4) is 11.5 Å². The molecule has 6 heteroatoms. The summed E-state index contributed by atoms with van der Waals surface area (Å²) in [6.45, 7) is 2.52. The van der Waals surface area contributed by atoms with Gasteiger partial charge in [0.15, 0.2) is 11.5 Å². The fraction of sp³-hybridized carbons (Fsp3) is 0.278. The molecule has 0 radical (unpaired) electrons. The molecule has 2 rings (SSSR count). The van der Waals surface area contributed by atoms with Crippen LogP contribution in [0.25, 0.3) is 0 Å². The van der Waals surface area contributed by atoms with E-state index in [0.29, 0.717) is 24.5 Å². The van der Waals surface area contributed by atoms with Crippen LogP contribution in [-0.2, 0) is 6.42 Å². The summed E-state index contributed by atoms with van der Waals surface area (Å²) < 4.78 is 11.3. The van der Waals surface area contributed by atoms with Crippen molar-refractivity contribution in [3.05, 3.63) is 52.0 Å². The van der Waals surface area contributed by atoms with E-state index in [9.17, 15) is 4.79 Å². The van der Waals surface area contributed by atoms with Gasteiger partial charge in [0.25, 0.3) is 0 Å². The lowest BCUT2D eigenvalue weighted by Gasteiger charge is -2.11. The van der Waals surface area contributed by atoms with Crippen LogP contribution in [0, 0.1) is 6.92 Å². The monoisotopic (exact) mass is 392 g/mol. The molecular weight excluding hydrogens is 372 g/mol. The highest BCUT2D eigenvalue weighted by Gasteiger charge is 2.07. The van der Waals surface area contributed by atoms with E-state index in [1.807, 2.05) is 43.3 Å². The van der Waals surface area contributed by atoms with Gasteiger partial charge in [-0.3, -0.25) is 0 Å². The van der Waals surface area contributed by atoms with Crippen LogP contribution in [0.1, 0.15) is 11.1 Å². The van der Waals surface area contributed by atoms with E-state index >= 15 is 0 Å². The topological polar surface area (TPSA) is 59.6 Å². The fourth-order valence-electron chi connectivity index (χ4n) is 2.24. The van der Waals surface area contributed by atoms with Crippen molar-refractivity contribution in [2.75, 3.05) is 26.1 Å². The fourth-order valence-corrected chi connectivity index (χ4v) is 2.84. The largest absolute Gasteiger partial charge is 0.493 e. The van der Waals surface area contributed by atoms with E-state index in [0.717, 1.165) is 21.3 Å². The summed E-state index contributed by atoms with van der Waals surface area (Å²) >= 11 is 3.44. The first-order chi connectivity index (χ1) is 11.5. The molecule has 0 heterocycles. The highest BCUT2D eigenvalue weighted by Crippen LogP contribution is 2.27. The molecule has 0 aromatic heterocycles. The number of rotatable bonds is 6. The molecule has 0 bridgehead atoms. The van der Waals surface area contributed by atoms with Gasteiger partial charge < -0.3 is 20.1 Å². The minimum atomic E-state index is -0.236. The number of anilines is 1. The van der Waals surface area contributed by atoms with Crippen molar-refractivity contribution in [1.82, 2.24) is 5.32 Å². The summed E-state index contributed by atoms with van der Waals surface area (Å²) in [7, 11) is 3.21. The average Bonchev–Trinajstić information content (AvgIpc) is 2.57. The number of carbonyl (C=O) groups is 1. The van der Waals surface area contributed by atoms with Crippen LogP contribution in [0.3, 0.4) is 0 Å². The Hall–Kier alpha value is -2.21. The molecule has 0 fully saturated rings. The Balaban J connectivity index is 1.86. The molecule has 0 saturated heterocycles. The molecule has 0 atom stereocenters. The molecule has 5 nitrogen and oxygen atoms in total. The number of benzene rings is 2. The first kappa shape index (κ1) is 18.1. The van der Waals surface area contributed by atoms with Crippen molar-refractivity contribution in [2.24, 2.45) is 0 Å². The number of methoxy groups -OCH3 is 2. The number of aryl methyl sites for hydroxylation is 1. The normalized spacial score (nSPS) is 10.2. The van der Waals surface area contributed by atoms with Crippen molar-refractivity contribution < 1.29 is 14.3 Å². The zero-order valence-electron chi connectivity index (χ0n) is 14.0. The summed E-state index contributed by atoms with van der Waals surface area (Å²) in [4.78, 5) is 12.0. The average molecular weight is 393 g/mol. The van der Waals surface area contributed by atoms with Crippen LogP contribution < -0.4 is 20.1 Å². The smallest absolute Gasteiger partial charge is 0.319 e. The van der Waals surface area contributed by atoms with E-state index in [4.69, 9.17) is 9.47 Å². The summed E-state index contributed by atoms with van der Waals surface area (Å²) in [6, 6.07) is 11.3. The van der Waals surface area contributed by atoms with Gasteiger partial charge in [0.2, 0.25) is 0 Å². The van der Waals surface area contributed by atoms with Crippen LogP contribution in [0.4, 0.5) is 10.5 Å². The molecule has 2 aromatic carbocycles. The van der Waals surface area contributed by atoms with E-state index in [1.54, 1.807) is 14.2 Å². The van der Waals surface area contributed by atoms with E-state index in [1.165, 1.54) is 0 Å². The Morgan fingerprint density at radius 2 is 1.83 bits per heavy atom. The van der Waals surface area contributed by atoms with E-state index in [2.05, 4.69) is 26.6 Å². The Kier molecular flexibility index (Phi) is 6.49. The van der Waals surface area contributed by atoms with Gasteiger partial charge in [-0.1, -0.05) is 12.1 Å². The minimum absolute atomic E-state index is 0.236. The number of carbonyl (C=O) groups excluding carboxylic acids is 1. The quantitative estimate of drug-likeness (QED) is 0.776. The predicted octanol–water partition coefficient (Wildman–Crippen LogP) is 4.14. The van der Waals surface area contributed by atoms with Gasteiger partial charge >= 0.3 is 6.03 Å². The molecule has 128 valence electrons. The molecule has 0 aliphatic carbocycles. The maximum Gasteiger partial charge on any atom is 0.319 e. The number of urea groups is 1. The van der Waals surface area contributed by atoms with Gasteiger partial charge in [-0.05, 0) is 64.7 Å². The summed E-state index contributed by atoms with van der Waals surface area (Å²) in [5, 5.41) is 5.67. The summed E-state index contributed by atoms with van der Waals surface area (Å²) in [6.07, 6.45) is 0.697. The number of amides is 2. The molecule has 2 N–H and O–H groups in total. The molecule has 0 saturated carbocycles. The Bertz CT molecular complexity index is 719. The lowest BCUT2D eigenvalue weighted by atomic mass is 10.1. The second kappa shape index (κ2) is 8.59. The van der Waals surface area contributed by atoms with Gasteiger partial charge in [-0.25, -0.2) is 4.79 Å². The number of halogens is 1. The third kappa shape index (κ3) is 4.89. The van der Waals surface area contributed by atoms with E-state index < -0.39 is 0 Å². The Morgan fingerprint density at radius 3 is 2.50 bits per heavy atom. The number of hydrogen-bond acceptors (Lipinski definition) is 3. The third-order valence-electron chi connectivity index (χ3n) is 3.52. The second-order valence-electron chi connectivity index (χ2n) is 5.30. The van der Waals surface area contributed by atoms with Gasteiger partial charge in [-0.2, -0.15) is 0 Å². The first-order valence-electron chi connectivity index (χ1n) is 7.55. The highest BCUT2D eigenvalue weighted by molar-refractivity contribution is 9.10. The molecule has 0 unspecified atom stereocenters. The Labute approximate surface area is 150 Å². The highest BCUT2D eigenvalue weighted by atomic mass is 79.9. The molecule has 0 aliphatic rings. The number of hydrogen-bond donors (Lipinski definition) is 2. The third-order valence-corrected chi connectivity index (χ3v) is 4.18. The lowest BCUT2D eigenvalue weighted by Crippen LogP contribution is -2.30. The van der Waals surface area contributed by atoms with Gasteiger partial charge in [-0.15, -0.1) is 0 Å². The van der Waals surface area contributed by atoms with Crippen LogP contribution in [-0.4, -0.2) is 26.8 Å². The SMILES string of the molecule is COc1ccc(CCNC(=O)Nc2ccc(C)cc2Br)cc1OC. The number of ether oxygens (including phenoxy) is 2. The first-order valence-corrected chi connectivity index (χ1v) is 8.34. The second-order valence-corrected chi connectivity index (χ2v) is 6.16. The van der Waals surface area contributed by atoms with Crippen molar-refractivity contribution in [2.45, 2.75) is 13.3 Å². The van der Waals surface area contributed by atoms with Gasteiger partial charge in [0.05, 0.1) is 19.9 Å². The van der Waals surface area contributed by atoms with Crippen molar-refractivity contribution in [1.29, 1.82) is 0 Å². The van der Waals surface area contributed by atoms with Crippen LogP contribution in [0.5, 0.6) is 11.5 Å². The molecule has 24 heavy (non-hydrogen) atoms. The van der Waals surface area contributed by atoms with Crippen molar-refractivity contribution >= 4 is 27.6 Å². The van der Waals surface area contributed by atoms with Gasteiger partial charge in [0.1, 0.15) is 0 Å². The maximum absolute atomic E-state index is 12.0.